The molecule has 0 spiro atoms. The summed E-state index contributed by atoms with van der Waals surface area (Å²) in [6, 6.07) is 8.44. The Labute approximate surface area is 130 Å². The highest BCUT2D eigenvalue weighted by atomic mass is 16.5. The fraction of sp³-hybridized carbons (Fsp3) is 0.529. The summed E-state index contributed by atoms with van der Waals surface area (Å²) in [6.45, 7) is 2.31. The van der Waals surface area contributed by atoms with E-state index in [1.807, 2.05) is 30.3 Å². The first-order chi connectivity index (χ1) is 10.6. The van der Waals surface area contributed by atoms with Crippen molar-refractivity contribution in [3.63, 3.8) is 0 Å². The van der Waals surface area contributed by atoms with Crippen LogP contribution < -0.4 is 5.32 Å². The molecule has 1 amide bonds. The minimum atomic E-state index is -0.990. The Morgan fingerprint density at radius 1 is 1.23 bits per heavy atom. The van der Waals surface area contributed by atoms with Gasteiger partial charge in [-0.15, -0.1) is 0 Å². The number of carboxylic acid groups (broad SMARTS) is 1. The minimum absolute atomic E-state index is 0.0158. The highest BCUT2D eigenvalue weighted by molar-refractivity contribution is 5.80. The van der Waals surface area contributed by atoms with Gasteiger partial charge in [-0.2, -0.15) is 0 Å². The summed E-state index contributed by atoms with van der Waals surface area (Å²) in [4.78, 5) is 23.3. The van der Waals surface area contributed by atoms with Crippen LogP contribution in [0.25, 0.3) is 0 Å². The first-order valence-corrected chi connectivity index (χ1v) is 7.76. The molecule has 1 fully saturated rings. The van der Waals surface area contributed by atoms with Crippen LogP contribution in [0.15, 0.2) is 30.3 Å². The maximum atomic E-state index is 11.8. The van der Waals surface area contributed by atoms with Crippen molar-refractivity contribution < 1.29 is 19.4 Å². The summed E-state index contributed by atoms with van der Waals surface area (Å²) in [6.07, 6.45) is 3.01. The number of hydrogen-bond donors (Lipinski definition) is 2. The van der Waals surface area contributed by atoms with Crippen molar-refractivity contribution in [1.82, 2.24) is 5.32 Å². The third-order valence-corrected chi connectivity index (χ3v) is 4.28. The molecule has 1 aromatic rings. The molecule has 0 saturated heterocycles. The fourth-order valence-corrected chi connectivity index (χ4v) is 2.89. The Kier molecular flexibility index (Phi) is 5.81. The Bertz CT molecular complexity index is 495. The Morgan fingerprint density at radius 2 is 1.86 bits per heavy atom. The average molecular weight is 305 g/mol. The van der Waals surface area contributed by atoms with Gasteiger partial charge in [0.05, 0.1) is 0 Å². The van der Waals surface area contributed by atoms with Gasteiger partial charge in [-0.05, 0) is 30.2 Å². The molecule has 0 heterocycles. The number of rotatable bonds is 5. The number of carboxylic acids is 1. The summed E-state index contributed by atoms with van der Waals surface area (Å²) >= 11 is 0. The highest BCUT2D eigenvalue weighted by Gasteiger charge is 2.32. The predicted molar refractivity (Wildman–Crippen MR) is 82.3 cm³/mol. The molecule has 22 heavy (non-hydrogen) atoms. The van der Waals surface area contributed by atoms with Crippen LogP contribution in [0.3, 0.4) is 0 Å². The molecule has 0 radical (unpaired) electrons. The second-order valence-electron chi connectivity index (χ2n) is 6.04. The molecule has 1 aromatic carbocycles. The van der Waals surface area contributed by atoms with Crippen LogP contribution in [0, 0.1) is 11.8 Å². The maximum absolute atomic E-state index is 11.8. The number of alkyl carbamates (subject to hydrolysis) is 1. The fourth-order valence-electron chi connectivity index (χ4n) is 2.89. The lowest BCUT2D eigenvalue weighted by Gasteiger charge is -2.30. The zero-order chi connectivity index (χ0) is 15.9. The average Bonchev–Trinajstić information content (AvgIpc) is 2.52. The number of carbonyl (C=O) groups excluding carboxylic acids is 1. The van der Waals surface area contributed by atoms with Crippen molar-refractivity contribution in [3.05, 3.63) is 35.9 Å². The van der Waals surface area contributed by atoms with Gasteiger partial charge >= 0.3 is 12.1 Å². The Hall–Kier alpha value is -2.04. The standard InChI is InChI=1S/C17H23NO4/c1-12-7-9-14(10-8-12)15(16(19)20)18-17(21)22-11-13-5-3-2-4-6-13/h2-6,12,14-15H,7-11H2,1H3,(H,18,21)(H,19,20). The lowest BCUT2D eigenvalue weighted by atomic mass is 9.79. The monoisotopic (exact) mass is 305 g/mol. The van der Waals surface area contributed by atoms with Crippen LogP contribution >= 0.6 is 0 Å². The van der Waals surface area contributed by atoms with Gasteiger partial charge in [0, 0.05) is 0 Å². The molecular formula is C17H23NO4. The number of carbonyl (C=O) groups is 2. The van der Waals surface area contributed by atoms with Gasteiger partial charge in [0.1, 0.15) is 12.6 Å². The van der Waals surface area contributed by atoms with E-state index in [1.165, 1.54) is 0 Å². The van der Waals surface area contributed by atoms with E-state index >= 15 is 0 Å². The molecular weight excluding hydrogens is 282 g/mol. The van der Waals surface area contributed by atoms with Crippen LogP contribution in [0.4, 0.5) is 4.79 Å². The maximum Gasteiger partial charge on any atom is 0.408 e. The van der Waals surface area contributed by atoms with Gasteiger partial charge in [-0.3, -0.25) is 0 Å². The minimum Gasteiger partial charge on any atom is -0.480 e. The molecule has 1 saturated carbocycles. The van der Waals surface area contributed by atoms with Crippen molar-refractivity contribution >= 4 is 12.1 Å². The normalized spacial score (nSPS) is 22.6. The third kappa shape index (κ3) is 4.76. The zero-order valence-electron chi connectivity index (χ0n) is 12.8. The Balaban J connectivity index is 1.85. The van der Waals surface area contributed by atoms with E-state index in [4.69, 9.17) is 4.74 Å². The second-order valence-corrected chi connectivity index (χ2v) is 6.04. The largest absolute Gasteiger partial charge is 0.480 e. The van der Waals surface area contributed by atoms with Crippen LogP contribution in [0.1, 0.15) is 38.2 Å². The van der Waals surface area contributed by atoms with E-state index in [-0.39, 0.29) is 12.5 Å². The van der Waals surface area contributed by atoms with Gasteiger partial charge in [-0.1, -0.05) is 50.1 Å². The molecule has 1 aliphatic rings. The van der Waals surface area contributed by atoms with Crippen LogP contribution in [-0.2, 0) is 16.1 Å². The van der Waals surface area contributed by atoms with Crippen molar-refractivity contribution in [1.29, 1.82) is 0 Å². The lowest BCUT2D eigenvalue weighted by Crippen LogP contribution is -2.47. The van der Waals surface area contributed by atoms with E-state index in [0.717, 1.165) is 31.2 Å². The number of benzene rings is 1. The molecule has 0 bridgehead atoms. The molecule has 2 rings (SSSR count). The van der Waals surface area contributed by atoms with Crippen LogP contribution in [-0.4, -0.2) is 23.2 Å². The zero-order valence-corrected chi connectivity index (χ0v) is 12.8. The smallest absolute Gasteiger partial charge is 0.408 e. The Morgan fingerprint density at radius 3 is 2.45 bits per heavy atom. The van der Waals surface area contributed by atoms with Gasteiger partial charge in [0.2, 0.25) is 0 Å². The molecule has 1 atom stereocenters. The molecule has 1 unspecified atom stereocenters. The van der Waals surface area contributed by atoms with E-state index in [1.54, 1.807) is 0 Å². The topological polar surface area (TPSA) is 75.6 Å². The summed E-state index contributed by atoms with van der Waals surface area (Å²) < 4.78 is 5.11. The van der Waals surface area contributed by atoms with Crippen molar-refractivity contribution in [2.24, 2.45) is 11.8 Å². The summed E-state index contributed by atoms with van der Waals surface area (Å²) in [5.41, 5.74) is 0.871. The number of aliphatic carboxylic acids is 1. The quantitative estimate of drug-likeness (QED) is 0.876. The van der Waals surface area contributed by atoms with Crippen LogP contribution in [0.2, 0.25) is 0 Å². The number of hydrogen-bond acceptors (Lipinski definition) is 3. The molecule has 5 heteroatoms. The van der Waals surface area contributed by atoms with E-state index < -0.39 is 18.1 Å². The van der Waals surface area contributed by atoms with Gasteiger partial charge in [-0.25, -0.2) is 9.59 Å². The number of nitrogens with one attached hydrogen (secondary N) is 1. The van der Waals surface area contributed by atoms with E-state index in [9.17, 15) is 14.7 Å². The molecule has 1 aliphatic carbocycles. The predicted octanol–water partition coefficient (Wildman–Crippen LogP) is 3.19. The van der Waals surface area contributed by atoms with E-state index in [2.05, 4.69) is 12.2 Å². The lowest BCUT2D eigenvalue weighted by molar-refractivity contribution is -0.141. The summed E-state index contributed by atoms with van der Waals surface area (Å²) in [5, 5.41) is 11.9. The number of amides is 1. The molecule has 0 aromatic heterocycles. The highest BCUT2D eigenvalue weighted by Crippen LogP contribution is 2.30. The molecule has 120 valence electrons. The van der Waals surface area contributed by atoms with Crippen molar-refractivity contribution in [2.75, 3.05) is 0 Å². The molecule has 5 nitrogen and oxygen atoms in total. The number of ether oxygens (including phenoxy) is 1. The van der Waals surface area contributed by atoms with Gasteiger partial charge in [0.25, 0.3) is 0 Å². The molecule has 2 N–H and O–H groups in total. The van der Waals surface area contributed by atoms with Gasteiger partial charge < -0.3 is 15.2 Å². The SMILES string of the molecule is CC1CCC(C(NC(=O)OCc2ccccc2)C(=O)O)CC1. The summed E-state index contributed by atoms with van der Waals surface area (Å²) in [7, 11) is 0. The second kappa shape index (κ2) is 7.82. The third-order valence-electron chi connectivity index (χ3n) is 4.28. The first-order valence-electron chi connectivity index (χ1n) is 7.76. The first kappa shape index (κ1) is 16.3. The molecule has 0 aliphatic heterocycles. The van der Waals surface area contributed by atoms with E-state index in [0.29, 0.717) is 5.92 Å². The van der Waals surface area contributed by atoms with Gasteiger partial charge in [0.15, 0.2) is 0 Å². The van der Waals surface area contributed by atoms with Crippen molar-refractivity contribution in [2.45, 2.75) is 45.3 Å². The summed E-state index contributed by atoms with van der Waals surface area (Å²) in [5.74, 6) is -0.370. The van der Waals surface area contributed by atoms with Crippen LogP contribution in [0.5, 0.6) is 0 Å². The van der Waals surface area contributed by atoms with Crippen molar-refractivity contribution in [3.8, 4) is 0 Å².